The normalized spacial score (nSPS) is 17.2. The van der Waals surface area contributed by atoms with Gasteiger partial charge in [0.1, 0.15) is 11.6 Å². The van der Waals surface area contributed by atoms with E-state index >= 15 is 0 Å². The van der Waals surface area contributed by atoms with Crippen molar-refractivity contribution in [2.45, 2.75) is 25.8 Å². The summed E-state index contributed by atoms with van der Waals surface area (Å²) in [5, 5.41) is 3.29. The van der Waals surface area contributed by atoms with Crippen LogP contribution in [0.3, 0.4) is 0 Å². The first-order valence-corrected chi connectivity index (χ1v) is 9.80. The number of nitrogens with zero attached hydrogens (tertiary/aromatic N) is 5. The van der Waals surface area contributed by atoms with E-state index in [1.165, 1.54) is 11.1 Å². The van der Waals surface area contributed by atoms with E-state index in [1.54, 1.807) is 12.4 Å². The van der Waals surface area contributed by atoms with Gasteiger partial charge in [0, 0.05) is 43.9 Å². The van der Waals surface area contributed by atoms with Gasteiger partial charge in [0.15, 0.2) is 5.75 Å². The number of aromatic nitrogens is 4. The number of hydrogen-bond acceptors (Lipinski definition) is 8. The SMILES string of the molecule is CNc1cccc2c1Cc1nc(Oc3cnc(C)nc3)nc(N3CC[C@@H](N)C3)c1-2. The van der Waals surface area contributed by atoms with E-state index in [4.69, 9.17) is 20.4 Å². The highest BCUT2D eigenvalue weighted by atomic mass is 16.5. The van der Waals surface area contributed by atoms with Gasteiger partial charge >= 0.3 is 6.01 Å². The summed E-state index contributed by atoms with van der Waals surface area (Å²) in [6.45, 7) is 3.48. The quantitative estimate of drug-likeness (QED) is 0.549. The van der Waals surface area contributed by atoms with Crippen LogP contribution in [-0.4, -0.2) is 46.1 Å². The van der Waals surface area contributed by atoms with Crippen LogP contribution in [0, 0.1) is 6.92 Å². The molecule has 0 saturated carbocycles. The van der Waals surface area contributed by atoms with E-state index in [1.807, 2.05) is 14.0 Å². The van der Waals surface area contributed by atoms with Gasteiger partial charge in [-0.1, -0.05) is 12.1 Å². The molecule has 1 atom stereocenters. The second-order valence-corrected chi connectivity index (χ2v) is 7.47. The van der Waals surface area contributed by atoms with Crippen molar-refractivity contribution in [1.29, 1.82) is 0 Å². The summed E-state index contributed by atoms with van der Waals surface area (Å²) < 4.78 is 5.92. The molecule has 5 rings (SSSR count). The number of nitrogens with one attached hydrogen (secondary N) is 1. The first kappa shape index (κ1) is 17.8. The highest BCUT2D eigenvalue weighted by Crippen LogP contribution is 2.45. The number of anilines is 2. The maximum Gasteiger partial charge on any atom is 0.324 e. The van der Waals surface area contributed by atoms with Gasteiger partial charge < -0.3 is 20.7 Å². The standard InChI is InChI=1S/C21H23N7O/c1-12-24-9-14(10-25-12)29-21-26-18-8-16-15(4-3-5-17(16)23-2)19(18)20(27-21)28-7-6-13(22)11-28/h3-5,9-10,13,23H,6-8,11,22H2,1-2H3/t13-/m1/s1. The maximum atomic E-state index is 6.18. The Hall–Kier alpha value is -3.26. The predicted molar refractivity (Wildman–Crippen MR) is 111 cm³/mol. The third-order valence-corrected chi connectivity index (χ3v) is 5.49. The highest BCUT2D eigenvalue weighted by Gasteiger charge is 2.31. The third-order valence-electron chi connectivity index (χ3n) is 5.49. The average Bonchev–Trinajstić information content (AvgIpc) is 3.32. The Morgan fingerprint density at radius 3 is 2.76 bits per heavy atom. The minimum Gasteiger partial charge on any atom is -0.421 e. The highest BCUT2D eigenvalue weighted by molar-refractivity contribution is 5.88. The first-order valence-electron chi connectivity index (χ1n) is 9.80. The van der Waals surface area contributed by atoms with Crippen LogP contribution in [0.15, 0.2) is 30.6 Å². The summed E-state index contributed by atoms with van der Waals surface area (Å²) in [4.78, 5) is 20.1. The van der Waals surface area contributed by atoms with Crippen molar-refractivity contribution in [3.63, 3.8) is 0 Å². The number of fused-ring (bicyclic) bond motifs is 3. The molecule has 0 bridgehead atoms. The molecule has 1 aliphatic carbocycles. The fraction of sp³-hybridized carbons (Fsp3) is 0.333. The molecule has 3 aromatic rings. The fourth-order valence-corrected chi connectivity index (χ4v) is 4.08. The Morgan fingerprint density at radius 2 is 2.03 bits per heavy atom. The molecular weight excluding hydrogens is 366 g/mol. The van der Waals surface area contributed by atoms with Gasteiger partial charge in [0.2, 0.25) is 0 Å². The van der Waals surface area contributed by atoms with Crippen molar-refractivity contribution >= 4 is 11.5 Å². The van der Waals surface area contributed by atoms with Crippen LogP contribution in [0.5, 0.6) is 11.8 Å². The number of aryl methyl sites for hydroxylation is 1. The Kier molecular flexibility index (Phi) is 4.28. The molecule has 8 nitrogen and oxygen atoms in total. The van der Waals surface area contributed by atoms with Gasteiger partial charge in [0.05, 0.1) is 18.1 Å². The van der Waals surface area contributed by atoms with Crippen molar-refractivity contribution in [2.75, 3.05) is 30.4 Å². The Bertz CT molecular complexity index is 1070. The summed E-state index contributed by atoms with van der Waals surface area (Å²) in [6.07, 6.45) is 4.96. The Balaban J connectivity index is 1.61. The summed E-state index contributed by atoms with van der Waals surface area (Å²) in [5.41, 5.74) is 11.8. The molecule has 1 aromatic carbocycles. The number of rotatable bonds is 4. The molecule has 0 unspecified atom stereocenters. The second kappa shape index (κ2) is 6.97. The minimum absolute atomic E-state index is 0.153. The summed E-state index contributed by atoms with van der Waals surface area (Å²) in [5.74, 6) is 2.10. The topological polar surface area (TPSA) is 102 Å². The number of nitrogens with two attached hydrogens (primary N) is 1. The molecule has 1 saturated heterocycles. The van der Waals surface area contributed by atoms with Crippen LogP contribution in [-0.2, 0) is 6.42 Å². The fourth-order valence-electron chi connectivity index (χ4n) is 4.08. The molecule has 3 N–H and O–H groups in total. The average molecular weight is 389 g/mol. The van der Waals surface area contributed by atoms with E-state index in [2.05, 4.69) is 38.4 Å². The lowest BCUT2D eigenvalue weighted by Gasteiger charge is -2.21. The van der Waals surface area contributed by atoms with E-state index < -0.39 is 0 Å². The Labute approximate surface area is 169 Å². The van der Waals surface area contributed by atoms with E-state index in [9.17, 15) is 0 Å². The van der Waals surface area contributed by atoms with Crippen molar-refractivity contribution in [3.8, 4) is 22.9 Å². The maximum absolute atomic E-state index is 6.18. The van der Waals surface area contributed by atoms with Crippen LogP contribution in [0.1, 0.15) is 23.5 Å². The Morgan fingerprint density at radius 1 is 1.21 bits per heavy atom. The van der Waals surface area contributed by atoms with Crippen LogP contribution in [0.25, 0.3) is 11.1 Å². The zero-order chi connectivity index (χ0) is 20.0. The van der Waals surface area contributed by atoms with Crippen LogP contribution < -0.4 is 20.7 Å². The molecule has 2 aliphatic rings. The number of ether oxygens (including phenoxy) is 1. The van der Waals surface area contributed by atoms with Crippen molar-refractivity contribution in [1.82, 2.24) is 19.9 Å². The van der Waals surface area contributed by atoms with E-state index in [0.29, 0.717) is 17.6 Å². The van der Waals surface area contributed by atoms with Crippen molar-refractivity contribution in [3.05, 3.63) is 47.7 Å². The molecule has 3 heterocycles. The summed E-state index contributed by atoms with van der Waals surface area (Å²) in [6, 6.07) is 6.75. The number of hydrogen-bond donors (Lipinski definition) is 2. The predicted octanol–water partition coefficient (Wildman–Crippen LogP) is 2.52. The van der Waals surface area contributed by atoms with Crippen molar-refractivity contribution in [2.24, 2.45) is 5.73 Å². The zero-order valence-corrected chi connectivity index (χ0v) is 16.5. The van der Waals surface area contributed by atoms with Gasteiger partial charge in [-0.05, 0) is 30.5 Å². The van der Waals surface area contributed by atoms with Gasteiger partial charge in [-0.15, -0.1) is 0 Å². The molecular formula is C21H23N7O. The van der Waals surface area contributed by atoms with Gasteiger partial charge in [-0.25, -0.2) is 9.97 Å². The summed E-state index contributed by atoms with van der Waals surface area (Å²) in [7, 11) is 1.94. The molecule has 0 amide bonds. The molecule has 148 valence electrons. The van der Waals surface area contributed by atoms with Crippen LogP contribution >= 0.6 is 0 Å². The monoisotopic (exact) mass is 389 g/mol. The zero-order valence-electron chi connectivity index (χ0n) is 16.5. The largest absolute Gasteiger partial charge is 0.421 e. The molecule has 0 radical (unpaired) electrons. The second-order valence-electron chi connectivity index (χ2n) is 7.47. The van der Waals surface area contributed by atoms with E-state index in [-0.39, 0.29) is 6.04 Å². The lowest BCUT2D eigenvalue weighted by molar-refractivity contribution is 0.435. The molecule has 1 fully saturated rings. The van der Waals surface area contributed by atoms with Crippen LogP contribution in [0.2, 0.25) is 0 Å². The molecule has 2 aromatic heterocycles. The van der Waals surface area contributed by atoms with Crippen LogP contribution in [0.4, 0.5) is 11.5 Å². The van der Waals surface area contributed by atoms with Gasteiger partial charge in [0.25, 0.3) is 0 Å². The third kappa shape index (κ3) is 3.15. The van der Waals surface area contributed by atoms with Crippen molar-refractivity contribution < 1.29 is 4.74 Å². The number of benzene rings is 1. The molecule has 29 heavy (non-hydrogen) atoms. The lowest BCUT2D eigenvalue weighted by Crippen LogP contribution is -2.27. The van der Waals surface area contributed by atoms with Gasteiger partial charge in [-0.2, -0.15) is 9.97 Å². The van der Waals surface area contributed by atoms with Gasteiger partial charge in [-0.3, -0.25) is 0 Å². The molecule has 1 aliphatic heterocycles. The first-order chi connectivity index (χ1) is 14.1. The minimum atomic E-state index is 0.153. The summed E-state index contributed by atoms with van der Waals surface area (Å²) >= 11 is 0. The van der Waals surface area contributed by atoms with E-state index in [0.717, 1.165) is 48.7 Å². The smallest absolute Gasteiger partial charge is 0.324 e. The molecule has 0 spiro atoms. The molecule has 8 heteroatoms. The lowest BCUT2D eigenvalue weighted by atomic mass is 10.1.